The third-order valence-corrected chi connectivity index (χ3v) is 4.55. The molecule has 0 saturated carbocycles. The van der Waals surface area contributed by atoms with E-state index in [1.807, 2.05) is 30.3 Å². The van der Waals surface area contributed by atoms with E-state index < -0.39 is 0 Å². The Bertz CT molecular complexity index is 1110. The highest BCUT2D eigenvalue weighted by molar-refractivity contribution is 6.31. The van der Waals surface area contributed by atoms with Crippen molar-refractivity contribution in [1.29, 1.82) is 5.26 Å². The number of amides is 1. The molecule has 1 amide bonds. The van der Waals surface area contributed by atoms with Crippen molar-refractivity contribution < 1.29 is 14.3 Å². The summed E-state index contributed by atoms with van der Waals surface area (Å²) >= 11 is 6.15. The Morgan fingerprint density at radius 1 is 1.13 bits per heavy atom. The Morgan fingerprint density at radius 2 is 1.90 bits per heavy atom. The predicted molar refractivity (Wildman–Crippen MR) is 115 cm³/mol. The number of nitriles is 1. The van der Waals surface area contributed by atoms with Crippen molar-refractivity contribution in [2.45, 2.75) is 6.61 Å². The Hall–Kier alpha value is -3.82. The van der Waals surface area contributed by atoms with Gasteiger partial charge in [0.25, 0.3) is 5.91 Å². The topological polar surface area (TPSA) is 83.7 Å². The number of methoxy groups -OCH3 is 1. The molecule has 3 aromatic rings. The summed E-state index contributed by atoms with van der Waals surface area (Å²) in [5, 5.41) is 13.4. The van der Waals surface area contributed by atoms with Crippen molar-refractivity contribution in [2.24, 2.45) is 5.10 Å². The van der Waals surface area contributed by atoms with E-state index in [1.54, 1.807) is 49.6 Å². The van der Waals surface area contributed by atoms with Gasteiger partial charge in [0.15, 0.2) is 11.5 Å². The van der Waals surface area contributed by atoms with E-state index in [-0.39, 0.29) is 5.91 Å². The predicted octanol–water partition coefficient (Wildman–Crippen LogP) is 4.56. The van der Waals surface area contributed by atoms with Crippen LogP contribution in [0.1, 0.15) is 27.0 Å². The van der Waals surface area contributed by atoms with Crippen molar-refractivity contribution in [2.75, 3.05) is 7.11 Å². The summed E-state index contributed by atoms with van der Waals surface area (Å²) < 4.78 is 11.2. The molecule has 7 heteroatoms. The molecule has 150 valence electrons. The zero-order chi connectivity index (χ0) is 21.3. The van der Waals surface area contributed by atoms with Gasteiger partial charge in [-0.05, 0) is 54.1 Å². The first-order valence-corrected chi connectivity index (χ1v) is 9.36. The van der Waals surface area contributed by atoms with Gasteiger partial charge in [-0.2, -0.15) is 10.4 Å². The number of rotatable bonds is 7. The quantitative estimate of drug-likeness (QED) is 0.449. The van der Waals surface area contributed by atoms with Gasteiger partial charge >= 0.3 is 0 Å². The average molecular weight is 420 g/mol. The molecular formula is C23H18ClN3O3. The number of carbonyl (C=O) groups is 1. The lowest BCUT2D eigenvalue weighted by atomic mass is 10.1. The molecule has 0 aliphatic rings. The van der Waals surface area contributed by atoms with Crippen molar-refractivity contribution >= 4 is 23.7 Å². The number of halogens is 1. The van der Waals surface area contributed by atoms with E-state index >= 15 is 0 Å². The number of benzene rings is 3. The number of carbonyl (C=O) groups excluding carboxylic acids is 1. The van der Waals surface area contributed by atoms with Crippen LogP contribution in [0, 0.1) is 11.3 Å². The number of nitrogens with zero attached hydrogens (tertiary/aromatic N) is 2. The molecule has 6 nitrogen and oxygen atoms in total. The number of hydrazone groups is 1. The Balaban J connectivity index is 1.63. The van der Waals surface area contributed by atoms with Crippen LogP contribution in [0.15, 0.2) is 71.8 Å². The fraction of sp³-hybridized carbons (Fsp3) is 0.0870. The van der Waals surface area contributed by atoms with Gasteiger partial charge in [-0.1, -0.05) is 29.8 Å². The Morgan fingerprint density at radius 3 is 2.60 bits per heavy atom. The second kappa shape index (κ2) is 10.1. The van der Waals surface area contributed by atoms with Crippen LogP contribution in [-0.2, 0) is 6.61 Å². The Kier molecular flexibility index (Phi) is 7.04. The molecule has 0 aliphatic carbocycles. The number of hydrogen-bond donors (Lipinski definition) is 1. The van der Waals surface area contributed by atoms with E-state index in [1.165, 1.54) is 6.21 Å². The zero-order valence-electron chi connectivity index (χ0n) is 16.1. The monoisotopic (exact) mass is 419 g/mol. The summed E-state index contributed by atoms with van der Waals surface area (Å²) in [5.74, 6) is 0.725. The maximum atomic E-state index is 12.1. The van der Waals surface area contributed by atoms with Crippen LogP contribution >= 0.6 is 11.6 Å². The molecule has 0 unspecified atom stereocenters. The van der Waals surface area contributed by atoms with E-state index in [0.717, 1.165) is 11.1 Å². The molecule has 3 rings (SSSR count). The smallest absolute Gasteiger partial charge is 0.271 e. The van der Waals surface area contributed by atoms with Gasteiger partial charge in [0.1, 0.15) is 6.61 Å². The third-order valence-electron chi connectivity index (χ3n) is 4.18. The van der Waals surface area contributed by atoms with E-state index in [9.17, 15) is 4.79 Å². The highest BCUT2D eigenvalue weighted by atomic mass is 35.5. The summed E-state index contributed by atoms with van der Waals surface area (Å²) in [7, 11) is 1.55. The number of ether oxygens (including phenoxy) is 2. The fourth-order valence-corrected chi connectivity index (χ4v) is 2.77. The molecule has 0 heterocycles. The Labute approximate surface area is 179 Å². The summed E-state index contributed by atoms with van der Waals surface area (Å²) in [4.78, 5) is 12.1. The first-order chi connectivity index (χ1) is 14.6. The molecule has 3 aromatic carbocycles. The standard InChI is InChI=1S/C23H18ClN3O3/c1-29-22-12-17(8-11-21(22)30-15-19-4-2-3-5-20(19)24)14-26-27-23(28)18-9-6-16(13-25)7-10-18/h2-12,14H,15H2,1H3,(H,27,28)/b26-14-. The molecule has 0 aromatic heterocycles. The highest BCUT2D eigenvalue weighted by Gasteiger charge is 2.08. The van der Waals surface area contributed by atoms with Gasteiger partial charge in [0.2, 0.25) is 0 Å². The second-order valence-electron chi connectivity index (χ2n) is 6.18. The molecule has 0 radical (unpaired) electrons. The molecular weight excluding hydrogens is 402 g/mol. The minimum atomic E-state index is -0.373. The van der Waals surface area contributed by atoms with Gasteiger partial charge in [-0.15, -0.1) is 0 Å². The van der Waals surface area contributed by atoms with Gasteiger partial charge in [-0.25, -0.2) is 5.43 Å². The van der Waals surface area contributed by atoms with Crippen molar-refractivity contribution in [3.8, 4) is 17.6 Å². The summed E-state index contributed by atoms with van der Waals surface area (Å²) in [6.45, 7) is 0.310. The summed E-state index contributed by atoms with van der Waals surface area (Å²) in [6, 6.07) is 21.1. The summed E-state index contributed by atoms with van der Waals surface area (Å²) in [5.41, 5.74) is 4.94. The van der Waals surface area contributed by atoms with Crippen LogP contribution in [0.25, 0.3) is 0 Å². The first kappa shape index (κ1) is 20.9. The number of hydrogen-bond acceptors (Lipinski definition) is 5. The van der Waals surface area contributed by atoms with Crippen LogP contribution in [0.2, 0.25) is 5.02 Å². The van der Waals surface area contributed by atoms with Gasteiger partial charge < -0.3 is 9.47 Å². The van der Waals surface area contributed by atoms with Crippen LogP contribution in [-0.4, -0.2) is 19.2 Å². The molecule has 0 spiro atoms. The largest absolute Gasteiger partial charge is 0.493 e. The molecule has 0 fully saturated rings. The summed E-state index contributed by atoms with van der Waals surface area (Å²) in [6.07, 6.45) is 1.50. The lowest BCUT2D eigenvalue weighted by Gasteiger charge is -2.12. The van der Waals surface area contributed by atoms with Gasteiger partial charge in [0.05, 0.1) is 25.0 Å². The van der Waals surface area contributed by atoms with Gasteiger partial charge in [-0.3, -0.25) is 4.79 Å². The molecule has 0 atom stereocenters. The van der Waals surface area contributed by atoms with Crippen LogP contribution in [0.4, 0.5) is 0 Å². The van der Waals surface area contributed by atoms with Crippen molar-refractivity contribution in [3.05, 3.63) is 94.0 Å². The highest BCUT2D eigenvalue weighted by Crippen LogP contribution is 2.29. The maximum Gasteiger partial charge on any atom is 0.271 e. The molecule has 30 heavy (non-hydrogen) atoms. The van der Waals surface area contributed by atoms with E-state index in [0.29, 0.717) is 34.3 Å². The minimum absolute atomic E-state index is 0.310. The van der Waals surface area contributed by atoms with Gasteiger partial charge in [0, 0.05) is 16.1 Å². The van der Waals surface area contributed by atoms with Crippen molar-refractivity contribution in [1.82, 2.24) is 5.43 Å². The molecule has 0 aliphatic heterocycles. The average Bonchev–Trinajstić information content (AvgIpc) is 2.79. The zero-order valence-corrected chi connectivity index (χ0v) is 16.9. The fourth-order valence-electron chi connectivity index (χ4n) is 2.58. The number of nitrogens with one attached hydrogen (secondary N) is 1. The molecule has 0 saturated heterocycles. The van der Waals surface area contributed by atoms with E-state index in [2.05, 4.69) is 10.5 Å². The van der Waals surface area contributed by atoms with E-state index in [4.69, 9.17) is 26.3 Å². The molecule has 1 N–H and O–H groups in total. The SMILES string of the molecule is COc1cc(/C=N\NC(=O)c2ccc(C#N)cc2)ccc1OCc1ccccc1Cl. The lowest BCUT2D eigenvalue weighted by molar-refractivity contribution is 0.0955. The van der Waals surface area contributed by atoms with Crippen LogP contribution in [0.5, 0.6) is 11.5 Å². The first-order valence-electron chi connectivity index (χ1n) is 8.98. The molecule has 0 bridgehead atoms. The second-order valence-corrected chi connectivity index (χ2v) is 6.59. The third kappa shape index (κ3) is 5.37. The minimum Gasteiger partial charge on any atom is -0.493 e. The van der Waals surface area contributed by atoms with Crippen LogP contribution < -0.4 is 14.9 Å². The van der Waals surface area contributed by atoms with Crippen LogP contribution in [0.3, 0.4) is 0 Å². The normalized spacial score (nSPS) is 10.4. The van der Waals surface area contributed by atoms with Crippen molar-refractivity contribution in [3.63, 3.8) is 0 Å². The maximum absolute atomic E-state index is 12.1. The lowest BCUT2D eigenvalue weighted by Crippen LogP contribution is -2.17.